The van der Waals surface area contributed by atoms with Gasteiger partial charge >= 0.3 is 0 Å². The van der Waals surface area contributed by atoms with Crippen LogP contribution in [0.2, 0.25) is 0 Å². The molecule has 19 heavy (non-hydrogen) atoms. The monoisotopic (exact) mass is 273 g/mol. The molecule has 0 fully saturated rings. The average molecular weight is 273 g/mol. The van der Waals surface area contributed by atoms with E-state index in [4.69, 9.17) is 10.00 Å². The van der Waals surface area contributed by atoms with E-state index >= 15 is 0 Å². The van der Waals surface area contributed by atoms with Gasteiger partial charge in [0.25, 0.3) is 0 Å². The zero-order valence-electron chi connectivity index (χ0n) is 10.7. The Bertz CT molecular complexity index is 574. The van der Waals surface area contributed by atoms with Crippen molar-refractivity contribution in [1.82, 2.24) is 9.55 Å². The lowest BCUT2D eigenvalue weighted by molar-refractivity contribution is 0.414. The molecule has 0 spiro atoms. The quantitative estimate of drug-likeness (QED) is 0.759. The zero-order chi connectivity index (χ0) is 13.5. The molecule has 0 bridgehead atoms. The van der Waals surface area contributed by atoms with E-state index in [0.717, 1.165) is 23.9 Å². The van der Waals surface area contributed by atoms with Crippen LogP contribution in [-0.4, -0.2) is 22.4 Å². The number of thioether (sulfide) groups is 1. The van der Waals surface area contributed by atoms with Gasteiger partial charge in [0.15, 0.2) is 5.16 Å². The number of nitriles is 1. The van der Waals surface area contributed by atoms with Gasteiger partial charge in [-0.1, -0.05) is 23.9 Å². The molecule has 0 unspecified atom stereocenters. The Morgan fingerprint density at radius 1 is 1.47 bits per heavy atom. The first-order chi connectivity index (χ1) is 9.33. The van der Waals surface area contributed by atoms with Gasteiger partial charge < -0.3 is 9.30 Å². The summed E-state index contributed by atoms with van der Waals surface area (Å²) in [4.78, 5) is 4.25. The van der Waals surface area contributed by atoms with E-state index in [1.54, 1.807) is 13.3 Å². The number of nitrogens with zero attached hydrogens (tertiary/aromatic N) is 3. The number of aromatic nitrogens is 2. The second-order valence-electron chi connectivity index (χ2n) is 3.95. The van der Waals surface area contributed by atoms with Gasteiger partial charge in [0, 0.05) is 18.9 Å². The Labute approximate surface area is 117 Å². The highest BCUT2D eigenvalue weighted by Crippen LogP contribution is 2.17. The zero-order valence-corrected chi connectivity index (χ0v) is 11.6. The lowest BCUT2D eigenvalue weighted by Crippen LogP contribution is -2.02. The smallest absolute Gasteiger partial charge is 0.168 e. The van der Waals surface area contributed by atoms with E-state index < -0.39 is 0 Å². The standard InChI is InChI=1S/C14H15N3OS/c1-18-13-4-2-3-12(11-13)5-8-17-9-7-16-14(17)19-10-6-15/h2-4,7,9,11H,5,8,10H2,1H3. The molecule has 2 aromatic rings. The largest absolute Gasteiger partial charge is 0.497 e. The lowest BCUT2D eigenvalue weighted by Gasteiger charge is -2.07. The van der Waals surface area contributed by atoms with E-state index in [2.05, 4.69) is 21.7 Å². The molecule has 0 aliphatic carbocycles. The number of rotatable bonds is 6. The second kappa shape index (κ2) is 6.86. The minimum atomic E-state index is 0.427. The molecule has 4 nitrogen and oxygen atoms in total. The normalized spacial score (nSPS) is 10.1. The molecular weight excluding hydrogens is 258 g/mol. The van der Waals surface area contributed by atoms with Crippen LogP contribution in [0, 0.1) is 11.3 Å². The van der Waals surface area contributed by atoms with Crippen LogP contribution in [0.1, 0.15) is 5.56 Å². The molecule has 1 aromatic carbocycles. The van der Waals surface area contributed by atoms with Crippen molar-refractivity contribution in [1.29, 1.82) is 5.26 Å². The Hall–Kier alpha value is -1.93. The average Bonchev–Trinajstić information content (AvgIpc) is 2.90. The summed E-state index contributed by atoms with van der Waals surface area (Å²) in [6.07, 6.45) is 4.62. The summed E-state index contributed by atoms with van der Waals surface area (Å²) in [5, 5.41) is 9.49. The van der Waals surface area contributed by atoms with Crippen molar-refractivity contribution in [3.8, 4) is 11.8 Å². The predicted octanol–water partition coefficient (Wildman–Crippen LogP) is 2.75. The number of hydrogen-bond acceptors (Lipinski definition) is 4. The van der Waals surface area contributed by atoms with Crippen LogP contribution >= 0.6 is 11.8 Å². The molecule has 0 N–H and O–H groups in total. The van der Waals surface area contributed by atoms with Gasteiger partial charge in [0.1, 0.15) is 5.75 Å². The molecule has 0 saturated carbocycles. The number of methoxy groups -OCH3 is 1. The molecular formula is C14H15N3OS. The summed E-state index contributed by atoms with van der Waals surface area (Å²) in [6, 6.07) is 10.2. The fourth-order valence-electron chi connectivity index (χ4n) is 1.78. The van der Waals surface area contributed by atoms with Crippen LogP contribution in [0.3, 0.4) is 0 Å². The van der Waals surface area contributed by atoms with E-state index in [9.17, 15) is 0 Å². The summed E-state index contributed by atoms with van der Waals surface area (Å²) in [5.41, 5.74) is 1.23. The molecule has 0 amide bonds. The van der Waals surface area contributed by atoms with Crippen LogP contribution < -0.4 is 4.74 Å². The minimum Gasteiger partial charge on any atom is -0.497 e. The highest BCUT2D eigenvalue weighted by atomic mass is 32.2. The van der Waals surface area contributed by atoms with Gasteiger partial charge in [0.2, 0.25) is 0 Å². The third-order valence-corrected chi connectivity index (χ3v) is 3.59. The van der Waals surface area contributed by atoms with Crippen LogP contribution in [0.15, 0.2) is 41.8 Å². The van der Waals surface area contributed by atoms with Crippen molar-refractivity contribution in [3.63, 3.8) is 0 Å². The van der Waals surface area contributed by atoms with Gasteiger partial charge in [-0.2, -0.15) is 5.26 Å². The first-order valence-corrected chi connectivity index (χ1v) is 6.96. The van der Waals surface area contributed by atoms with Crippen molar-refractivity contribution in [2.75, 3.05) is 12.9 Å². The maximum Gasteiger partial charge on any atom is 0.168 e. The third kappa shape index (κ3) is 3.76. The summed E-state index contributed by atoms with van der Waals surface area (Å²) >= 11 is 1.46. The maximum atomic E-state index is 8.60. The number of aryl methyl sites for hydroxylation is 2. The van der Waals surface area contributed by atoms with Crippen molar-refractivity contribution in [2.45, 2.75) is 18.1 Å². The predicted molar refractivity (Wildman–Crippen MR) is 75.3 cm³/mol. The number of hydrogen-bond donors (Lipinski definition) is 0. The minimum absolute atomic E-state index is 0.427. The topological polar surface area (TPSA) is 50.8 Å². The summed E-state index contributed by atoms with van der Waals surface area (Å²) in [6.45, 7) is 0.848. The highest BCUT2D eigenvalue weighted by molar-refractivity contribution is 7.99. The van der Waals surface area contributed by atoms with Crippen LogP contribution in [0.5, 0.6) is 5.75 Å². The highest BCUT2D eigenvalue weighted by Gasteiger charge is 2.03. The van der Waals surface area contributed by atoms with E-state index in [1.807, 2.05) is 24.4 Å². The van der Waals surface area contributed by atoms with Crippen molar-refractivity contribution < 1.29 is 4.74 Å². The second-order valence-corrected chi connectivity index (χ2v) is 4.89. The Morgan fingerprint density at radius 3 is 3.16 bits per heavy atom. The first kappa shape index (κ1) is 13.5. The SMILES string of the molecule is COc1cccc(CCn2ccnc2SCC#N)c1. The van der Waals surface area contributed by atoms with E-state index in [-0.39, 0.29) is 0 Å². The molecule has 1 heterocycles. The maximum absolute atomic E-state index is 8.60. The molecule has 0 atom stereocenters. The molecule has 1 aromatic heterocycles. The molecule has 0 saturated heterocycles. The number of benzene rings is 1. The fraction of sp³-hybridized carbons (Fsp3) is 0.286. The third-order valence-electron chi connectivity index (χ3n) is 2.72. The number of ether oxygens (including phenoxy) is 1. The summed E-state index contributed by atoms with van der Waals surface area (Å²) in [7, 11) is 1.67. The Balaban J connectivity index is 1.98. The van der Waals surface area contributed by atoms with Crippen molar-refractivity contribution in [3.05, 3.63) is 42.2 Å². The molecule has 98 valence electrons. The molecule has 5 heteroatoms. The molecule has 0 aliphatic rings. The van der Waals surface area contributed by atoms with Gasteiger partial charge in [-0.05, 0) is 24.1 Å². The molecule has 2 rings (SSSR count). The van der Waals surface area contributed by atoms with E-state index in [1.165, 1.54) is 17.3 Å². The Morgan fingerprint density at radius 2 is 2.37 bits per heavy atom. The van der Waals surface area contributed by atoms with Gasteiger partial charge in [-0.25, -0.2) is 4.98 Å². The van der Waals surface area contributed by atoms with E-state index in [0.29, 0.717) is 5.75 Å². The fourth-order valence-corrected chi connectivity index (χ4v) is 2.43. The van der Waals surface area contributed by atoms with Crippen LogP contribution in [0.4, 0.5) is 0 Å². The van der Waals surface area contributed by atoms with Crippen molar-refractivity contribution >= 4 is 11.8 Å². The van der Waals surface area contributed by atoms with Crippen LogP contribution in [-0.2, 0) is 13.0 Å². The van der Waals surface area contributed by atoms with Crippen LogP contribution in [0.25, 0.3) is 0 Å². The number of imidazole rings is 1. The van der Waals surface area contributed by atoms with Gasteiger partial charge in [-0.3, -0.25) is 0 Å². The first-order valence-electron chi connectivity index (χ1n) is 5.97. The molecule has 0 radical (unpaired) electrons. The summed E-state index contributed by atoms with van der Waals surface area (Å²) < 4.78 is 7.28. The van der Waals surface area contributed by atoms with Gasteiger partial charge in [0.05, 0.1) is 18.9 Å². The Kier molecular flexibility index (Phi) is 4.87. The molecule has 0 aliphatic heterocycles. The lowest BCUT2D eigenvalue weighted by atomic mass is 10.1. The van der Waals surface area contributed by atoms with Gasteiger partial charge in [-0.15, -0.1) is 0 Å². The van der Waals surface area contributed by atoms with Crippen molar-refractivity contribution in [2.24, 2.45) is 0 Å². The summed E-state index contributed by atoms with van der Waals surface area (Å²) in [5.74, 6) is 1.30.